The molecule has 7 heteroatoms. The normalized spacial score (nSPS) is 18.6. The van der Waals surface area contributed by atoms with E-state index in [0.29, 0.717) is 18.1 Å². The van der Waals surface area contributed by atoms with Crippen molar-refractivity contribution in [1.29, 1.82) is 0 Å². The van der Waals surface area contributed by atoms with Gasteiger partial charge in [0, 0.05) is 18.5 Å². The van der Waals surface area contributed by atoms with Crippen molar-refractivity contribution < 1.29 is 9.53 Å². The Morgan fingerprint density at radius 2 is 2.28 bits per heavy atom. The summed E-state index contributed by atoms with van der Waals surface area (Å²) in [5.74, 6) is -0.0665. The first kappa shape index (κ1) is 13.9. The number of hydrogen-bond donors (Lipinski definition) is 1. The van der Waals surface area contributed by atoms with Crippen LogP contribution < -0.4 is 5.32 Å². The van der Waals surface area contributed by atoms with Crippen LogP contribution in [0.3, 0.4) is 0 Å². The lowest BCUT2D eigenvalue weighted by Crippen LogP contribution is -2.53. The molecule has 0 bridgehead atoms. The molecule has 1 aromatic rings. The van der Waals surface area contributed by atoms with Gasteiger partial charge in [0.1, 0.15) is 4.88 Å². The number of halogens is 1. The van der Waals surface area contributed by atoms with Crippen LogP contribution >= 0.6 is 27.5 Å². The van der Waals surface area contributed by atoms with Crippen LogP contribution in [-0.4, -0.2) is 39.6 Å². The minimum absolute atomic E-state index is 0.0665. The van der Waals surface area contributed by atoms with Gasteiger partial charge in [-0.3, -0.25) is 4.79 Å². The molecule has 18 heavy (non-hydrogen) atoms. The quantitative estimate of drug-likeness (QED) is 0.853. The Hall–Kier alpha value is -0.530. The van der Waals surface area contributed by atoms with E-state index in [9.17, 15) is 4.79 Å². The van der Waals surface area contributed by atoms with Crippen LogP contribution in [0.1, 0.15) is 35.1 Å². The van der Waals surface area contributed by atoms with E-state index in [1.54, 1.807) is 0 Å². The third-order valence-electron chi connectivity index (χ3n) is 3.18. The van der Waals surface area contributed by atoms with Crippen molar-refractivity contribution in [3.05, 3.63) is 10.6 Å². The lowest BCUT2D eigenvalue weighted by molar-refractivity contribution is 0.0443. The number of rotatable bonds is 4. The van der Waals surface area contributed by atoms with Crippen molar-refractivity contribution in [2.45, 2.75) is 31.7 Å². The fourth-order valence-corrected chi connectivity index (χ4v) is 3.31. The molecule has 0 saturated carbocycles. The summed E-state index contributed by atoms with van der Waals surface area (Å²) in [6, 6.07) is 0. The molecule has 2 rings (SSSR count). The first-order chi connectivity index (χ1) is 8.71. The van der Waals surface area contributed by atoms with Crippen LogP contribution in [0.15, 0.2) is 0 Å². The zero-order chi connectivity index (χ0) is 13.0. The van der Waals surface area contributed by atoms with Gasteiger partial charge in [0.05, 0.1) is 11.2 Å². The predicted molar refractivity (Wildman–Crippen MR) is 73.3 cm³/mol. The van der Waals surface area contributed by atoms with E-state index in [0.717, 1.165) is 41.8 Å². The monoisotopic (exact) mass is 333 g/mol. The summed E-state index contributed by atoms with van der Waals surface area (Å²) in [4.78, 5) is 12.9. The third kappa shape index (κ3) is 2.89. The van der Waals surface area contributed by atoms with E-state index in [1.807, 2.05) is 6.92 Å². The summed E-state index contributed by atoms with van der Waals surface area (Å²) >= 11 is 4.66. The molecule has 1 saturated heterocycles. The van der Waals surface area contributed by atoms with Gasteiger partial charge in [-0.25, -0.2) is 0 Å². The van der Waals surface area contributed by atoms with E-state index in [2.05, 4.69) is 30.8 Å². The van der Waals surface area contributed by atoms with Crippen LogP contribution in [0.4, 0.5) is 0 Å². The molecule has 0 atom stereocenters. The van der Waals surface area contributed by atoms with Crippen molar-refractivity contribution in [3.8, 4) is 0 Å². The summed E-state index contributed by atoms with van der Waals surface area (Å²) in [6.45, 7) is 3.35. The minimum Gasteiger partial charge on any atom is -0.381 e. The van der Waals surface area contributed by atoms with Crippen LogP contribution in [-0.2, 0) is 11.2 Å². The molecular weight excluding hydrogens is 318 g/mol. The van der Waals surface area contributed by atoms with Gasteiger partial charge in [0.2, 0.25) is 0 Å². The SMILES string of the molecule is CCc1nnsc1C(=O)NC1(CBr)CCOCC1. The summed E-state index contributed by atoms with van der Waals surface area (Å²) in [5.41, 5.74) is 0.568. The zero-order valence-corrected chi connectivity index (χ0v) is 12.6. The van der Waals surface area contributed by atoms with Crippen LogP contribution in [0.5, 0.6) is 0 Å². The average molecular weight is 334 g/mol. The number of amides is 1. The fourth-order valence-electron chi connectivity index (χ4n) is 1.96. The van der Waals surface area contributed by atoms with E-state index >= 15 is 0 Å². The van der Waals surface area contributed by atoms with Gasteiger partial charge in [-0.05, 0) is 30.8 Å². The third-order valence-corrected chi connectivity index (χ3v) is 5.02. The topological polar surface area (TPSA) is 64.1 Å². The highest BCUT2D eigenvalue weighted by Crippen LogP contribution is 2.24. The Balaban J connectivity index is 2.10. The van der Waals surface area contributed by atoms with Crippen molar-refractivity contribution in [2.75, 3.05) is 18.5 Å². The minimum atomic E-state index is -0.204. The summed E-state index contributed by atoms with van der Waals surface area (Å²) in [6.07, 6.45) is 2.39. The van der Waals surface area contributed by atoms with Crippen LogP contribution in [0.2, 0.25) is 0 Å². The lowest BCUT2D eigenvalue weighted by Gasteiger charge is -2.36. The standard InChI is InChI=1S/C11H16BrN3O2S/c1-2-8-9(18-15-14-8)10(16)13-11(7-12)3-5-17-6-4-11/h2-7H2,1H3,(H,13,16). The summed E-state index contributed by atoms with van der Waals surface area (Å²) < 4.78 is 9.20. The maximum atomic E-state index is 12.3. The van der Waals surface area contributed by atoms with E-state index in [4.69, 9.17) is 4.74 Å². The second-order valence-electron chi connectivity index (χ2n) is 4.38. The lowest BCUT2D eigenvalue weighted by atomic mass is 9.92. The Morgan fingerprint density at radius 3 is 2.89 bits per heavy atom. The molecule has 100 valence electrons. The fraction of sp³-hybridized carbons (Fsp3) is 0.727. The van der Waals surface area contributed by atoms with Crippen molar-refractivity contribution >= 4 is 33.4 Å². The van der Waals surface area contributed by atoms with Crippen molar-refractivity contribution in [1.82, 2.24) is 14.9 Å². The zero-order valence-electron chi connectivity index (χ0n) is 10.2. The average Bonchev–Trinajstić information content (AvgIpc) is 2.88. The molecule has 1 fully saturated rings. The Labute approximate surface area is 119 Å². The molecule has 0 unspecified atom stereocenters. The smallest absolute Gasteiger partial charge is 0.265 e. The van der Waals surface area contributed by atoms with Crippen LogP contribution in [0.25, 0.3) is 0 Å². The predicted octanol–water partition coefficient (Wildman–Crippen LogP) is 1.77. The Morgan fingerprint density at radius 1 is 1.56 bits per heavy atom. The van der Waals surface area contributed by atoms with E-state index in [1.165, 1.54) is 0 Å². The van der Waals surface area contributed by atoms with Crippen LogP contribution in [0, 0.1) is 0 Å². The van der Waals surface area contributed by atoms with E-state index < -0.39 is 0 Å². The Bertz CT molecular complexity index is 418. The molecule has 2 heterocycles. The number of alkyl halides is 1. The van der Waals surface area contributed by atoms with Crippen molar-refractivity contribution in [2.24, 2.45) is 0 Å². The molecule has 1 aliphatic heterocycles. The Kier molecular flexibility index (Phi) is 4.69. The molecule has 1 aliphatic rings. The van der Waals surface area contributed by atoms with Gasteiger partial charge in [-0.15, -0.1) is 5.10 Å². The number of aryl methyl sites for hydroxylation is 1. The van der Waals surface area contributed by atoms with Gasteiger partial charge < -0.3 is 10.1 Å². The highest BCUT2D eigenvalue weighted by molar-refractivity contribution is 9.09. The molecule has 1 N–H and O–H groups in total. The maximum Gasteiger partial charge on any atom is 0.265 e. The number of nitrogens with one attached hydrogen (secondary N) is 1. The largest absolute Gasteiger partial charge is 0.381 e. The molecule has 0 spiro atoms. The summed E-state index contributed by atoms with van der Waals surface area (Å²) in [7, 11) is 0. The molecule has 5 nitrogen and oxygen atoms in total. The second-order valence-corrected chi connectivity index (χ2v) is 5.70. The van der Waals surface area contributed by atoms with Crippen molar-refractivity contribution in [3.63, 3.8) is 0 Å². The van der Waals surface area contributed by atoms with Gasteiger partial charge in [0.25, 0.3) is 5.91 Å². The number of carbonyl (C=O) groups excluding carboxylic acids is 1. The number of aromatic nitrogens is 2. The molecule has 0 aromatic carbocycles. The molecule has 0 radical (unpaired) electrons. The molecule has 1 amide bonds. The molecule has 1 aromatic heterocycles. The first-order valence-electron chi connectivity index (χ1n) is 5.98. The van der Waals surface area contributed by atoms with E-state index in [-0.39, 0.29) is 11.4 Å². The molecular formula is C11H16BrN3O2S. The van der Waals surface area contributed by atoms with Gasteiger partial charge in [-0.2, -0.15) is 0 Å². The van der Waals surface area contributed by atoms with Gasteiger partial charge >= 0.3 is 0 Å². The number of nitrogens with zero attached hydrogens (tertiary/aromatic N) is 2. The number of carbonyl (C=O) groups is 1. The number of ether oxygens (including phenoxy) is 1. The molecule has 0 aliphatic carbocycles. The second kappa shape index (κ2) is 6.08. The highest BCUT2D eigenvalue weighted by atomic mass is 79.9. The van der Waals surface area contributed by atoms with Gasteiger partial charge in [-0.1, -0.05) is 27.3 Å². The number of hydrogen-bond acceptors (Lipinski definition) is 5. The highest BCUT2D eigenvalue weighted by Gasteiger charge is 2.34. The maximum absolute atomic E-state index is 12.3. The summed E-state index contributed by atoms with van der Waals surface area (Å²) in [5, 5.41) is 7.83. The first-order valence-corrected chi connectivity index (χ1v) is 7.88. The van der Waals surface area contributed by atoms with Gasteiger partial charge in [0.15, 0.2) is 0 Å².